The molecule has 0 fully saturated rings. The van der Waals surface area contributed by atoms with Crippen molar-refractivity contribution in [3.05, 3.63) is 56.1 Å². The van der Waals surface area contributed by atoms with Crippen LogP contribution in [-0.4, -0.2) is 13.2 Å². The molecule has 104 valence electrons. The van der Waals surface area contributed by atoms with Gasteiger partial charge in [-0.05, 0) is 64.0 Å². The number of hydrogen-bond acceptors (Lipinski definition) is 2. The number of benzene rings is 2. The Kier molecular flexibility index (Phi) is 4.29. The summed E-state index contributed by atoms with van der Waals surface area (Å²) >= 11 is 14.9. The van der Waals surface area contributed by atoms with E-state index in [1.165, 1.54) is 0 Å². The smallest absolute Gasteiger partial charge is 0.161 e. The van der Waals surface area contributed by atoms with E-state index < -0.39 is 0 Å². The predicted molar refractivity (Wildman–Crippen MR) is 89.3 cm³/mol. The molecule has 0 radical (unpaired) electrons. The maximum Gasteiger partial charge on any atom is 0.161 e. The summed E-state index contributed by atoms with van der Waals surface area (Å²) in [5, 5.41) is 0.417. The van der Waals surface area contributed by atoms with Crippen molar-refractivity contribution < 1.29 is 9.47 Å². The quantitative estimate of drug-likeness (QED) is 0.500. The van der Waals surface area contributed by atoms with Crippen molar-refractivity contribution in [1.29, 1.82) is 0 Å². The van der Waals surface area contributed by atoms with E-state index in [9.17, 15) is 0 Å². The van der Waals surface area contributed by atoms with Gasteiger partial charge in [-0.1, -0.05) is 17.7 Å². The fourth-order valence-electron chi connectivity index (χ4n) is 2.11. The third kappa shape index (κ3) is 2.85. The average molecular weight is 421 g/mol. The van der Waals surface area contributed by atoms with Crippen molar-refractivity contribution in [2.24, 2.45) is 0 Å². The molecule has 2 aromatic rings. The average Bonchev–Trinajstić information content (AvgIpc) is 2.48. The molecule has 0 saturated heterocycles. The van der Waals surface area contributed by atoms with E-state index in [0.29, 0.717) is 18.2 Å². The Labute approximate surface area is 141 Å². The Balaban J connectivity index is 1.97. The normalized spacial score (nSPS) is 14.9. The number of halogens is 3. The van der Waals surface area contributed by atoms with Gasteiger partial charge in [-0.25, -0.2) is 0 Å². The van der Waals surface area contributed by atoms with Gasteiger partial charge < -0.3 is 9.47 Å². The number of hydrogen-bond donors (Lipinski definition) is 0. The Bertz CT molecular complexity index is 646. The van der Waals surface area contributed by atoms with Crippen molar-refractivity contribution >= 4 is 45.8 Å². The summed E-state index contributed by atoms with van der Waals surface area (Å²) in [4.78, 5) is 0. The molecule has 2 aromatic carbocycles. The highest BCUT2D eigenvalue weighted by molar-refractivity contribution is 14.1. The molecular formula is C15H11Cl2IO2. The molecule has 0 aromatic heterocycles. The fraction of sp³-hybridized carbons (Fsp3) is 0.200. The van der Waals surface area contributed by atoms with Gasteiger partial charge in [0, 0.05) is 8.59 Å². The summed E-state index contributed by atoms with van der Waals surface area (Å²) in [7, 11) is 0. The molecule has 5 heteroatoms. The van der Waals surface area contributed by atoms with Crippen LogP contribution in [-0.2, 0) is 0 Å². The van der Waals surface area contributed by atoms with E-state index >= 15 is 0 Å². The highest BCUT2D eigenvalue weighted by Gasteiger charge is 2.18. The number of ether oxygens (including phenoxy) is 2. The molecule has 1 aliphatic heterocycles. The van der Waals surface area contributed by atoms with Gasteiger partial charge in [0.15, 0.2) is 11.5 Å². The maximum absolute atomic E-state index is 6.59. The monoisotopic (exact) mass is 420 g/mol. The van der Waals surface area contributed by atoms with Crippen LogP contribution in [0.5, 0.6) is 11.5 Å². The van der Waals surface area contributed by atoms with Crippen molar-refractivity contribution in [3.8, 4) is 11.5 Å². The van der Waals surface area contributed by atoms with Gasteiger partial charge in [-0.3, -0.25) is 0 Å². The summed E-state index contributed by atoms with van der Waals surface area (Å²) < 4.78 is 12.2. The Hall–Kier alpha value is -0.650. The first kappa shape index (κ1) is 14.3. The lowest BCUT2D eigenvalue weighted by atomic mass is 10.0. The molecule has 0 spiro atoms. The lowest BCUT2D eigenvalue weighted by Gasteiger charge is -2.20. The minimum Gasteiger partial charge on any atom is -0.486 e. The van der Waals surface area contributed by atoms with Gasteiger partial charge in [-0.15, -0.1) is 11.6 Å². The number of alkyl halides is 1. The first-order valence-electron chi connectivity index (χ1n) is 6.14. The fourth-order valence-corrected chi connectivity index (χ4v) is 3.43. The van der Waals surface area contributed by atoms with Crippen molar-refractivity contribution in [2.75, 3.05) is 13.2 Å². The van der Waals surface area contributed by atoms with Crippen LogP contribution in [0.3, 0.4) is 0 Å². The first-order valence-corrected chi connectivity index (χ1v) is 8.03. The van der Waals surface area contributed by atoms with Crippen LogP contribution in [0, 0.1) is 3.57 Å². The number of rotatable bonds is 2. The molecular weight excluding hydrogens is 410 g/mol. The molecule has 0 bridgehead atoms. The molecule has 0 N–H and O–H groups in total. The van der Waals surface area contributed by atoms with E-state index in [2.05, 4.69) is 22.6 Å². The minimum atomic E-state index is -0.267. The summed E-state index contributed by atoms with van der Waals surface area (Å²) in [6.45, 7) is 1.15. The molecule has 1 heterocycles. The largest absolute Gasteiger partial charge is 0.486 e. The second kappa shape index (κ2) is 6.00. The van der Waals surface area contributed by atoms with Gasteiger partial charge in [0.1, 0.15) is 13.2 Å². The van der Waals surface area contributed by atoms with Crippen molar-refractivity contribution in [2.45, 2.75) is 5.38 Å². The van der Waals surface area contributed by atoms with Crippen LogP contribution < -0.4 is 9.47 Å². The molecule has 3 rings (SSSR count). The summed E-state index contributed by atoms with van der Waals surface area (Å²) in [6.07, 6.45) is 0. The minimum absolute atomic E-state index is 0.267. The standard InChI is InChI=1S/C15H11Cl2IO2/c16-10-2-3-12(18)11(8-10)15(17)9-1-4-13-14(7-9)20-6-5-19-13/h1-4,7-8,15H,5-6H2. The molecule has 20 heavy (non-hydrogen) atoms. The second-order valence-corrected chi connectivity index (χ2v) is 6.47. The third-order valence-electron chi connectivity index (χ3n) is 3.09. The van der Waals surface area contributed by atoms with Crippen LogP contribution in [0.4, 0.5) is 0 Å². The summed E-state index contributed by atoms with van der Waals surface area (Å²) in [5.41, 5.74) is 1.97. The van der Waals surface area contributed by atoms with Crippen molar-refractivity contribution in [3.63, 3.8) is 0 Å². The highest BCUT2D eigenvalue weighted by atomic mass is 127. The Morgan fingerprint density at radius 2 is 1.75 bits per heavy atom. The van der Waals surface area contributed by atoms with Gasteiger partial charge in [-0.2, -0.15) is 0 Å². The SMILES string of the molecule is Clc1ccc(I)c(C(Cl)c2ccc3c(c2)OCCO3)c1. The maximum atomic E-state index is 6.59. The zero-order chi connectivity index (χ0) is 14.1. The molecule has 1 aliphatic rings. The van der Waals surface area contributed by atoms with Gasteiger partial charge in [0.25, 0.3) is 0 Å². The molecule has 0 saturated carbocycles. The summed E-state index contributed by atoms with van der Waals surface area (Å²) in [6, 6.07) is 11.5. The van der Waals surface area contributed by atoms with E-state index in [0.717, 1.165) is 26.2 Å². The Morgan fingerprint density at radius 3 is 2.55 bits per heavy atom. The van der Waals surface area contributed by atoms with E-state index in [1.54, 1.807) is 0 Å². The Morgan fingerprint density at radius 1 is 1.00 bits per heavy atom. The van der Waals surface area contributed by atoms with Gasteiger partial charge in [0.05, 0.1) is 5.38 Å². The number of fused-ring (bicyclic) bond motifs is 1. The van der Waals surface area contributed by atoms with Crippen LogP contribution in [0.1, 0.15) is 16.5 Å². The molecule has 0 aliphatic carbocycles. The van der Waals surface area contributed by atoms with Gasteiger partial charge in [0.2, 0.25) is 0 Å². The lowest BCUT2D eigenvalue weighted by Crippen LogP contribution is -2.15. The van der Waals surface area contributed by atoms with E-state index in [1.807, 2.05) is 36.4 Å². The highest BCUT2D eigenvalue weighted by Crippen LogP contribution is 2.38. The van der Waals surface area contributed by atoms with E-state index in [-0.39, 0.29) is 5.38 Å². The second-order valence-electron chi connectivity index (χ2n) is 4.43. The zero-order valence-corrected chi connectivity index (χ0v) is 14.1. The topological polar surface area (TPSA) is 18.5 Å². The van der Waals surface area contributed by atoms with Crippen LogP contribution in [0.2, 0.25) is 5.02 Å². The molecule has 0 amide bonds. The van der Waals surface area contributed by atoms with Crippen molar-refractivity contribution in [1.82, 2.24) is 0 Å². The van der Waals surface area contributed by atoms with Gasteiger partial charge >= 0.3 is 0 Å². The predicted octanol–water partition coefficient (Wildman–Crippen LogP) is 5.04. The van der Waals surface area contributed by atoms with E-state index in [4.69, 9.17) is 32.7 Å². The zero-order valence-electron chi connectivity index (χ0n) is 10.4. The van der Waals surface area contributed by atoms with Crippen LogP contribution in [0.25, 0.3) is 0 Å². The lowest BCUT2D eigenvalue weighted by molar-refractivity contribution is 0.171. The molecule has 1 atom stereocenters. The first-order chi connectivity index (χ1) is 9.65. The summed E-state index contributed by atoms with van der Waals surface area (Å²) in [5.74, 6) is 1.51. The molecule has 1 unspecified atom stereocenters. The molecule has 2 nitrogen and oxygen atoms in total. The van der Waals surface area contributed by atoms with Crippen LogP contribution in [0.15, 0.2) is 36.4 Å². The third-order valence-corrected chi connectivity index (χ3v) is 4.79. The van der Waals surface area contributed by atoms with Crippen LogP contribution >= 0.6 is 45.8 Å².